The van der Waals surface area contributed by atoms with Crippen LogP contribution in [0.5, 0.6) is 0 Å². The van der Waals surface area contributed by atoms with Crippen molar-refractivity contribution in [3.05, 3.63) is 182 Å². The molecular weight excluding hydrogens is 717 g/mol. The maximum atomic E-state index is 6.60. The molecule has 12 aromatic rings. The van der Waals surface area contributed by atoms with Gasteiger partial charge in [-0.05, 0) is 65.7 Å². The van der Waals surface area contributed by atoms with Gasteiger partial charge in [0.1, 0.15) is 11.2 Å². The fraction of sp³-hybridized carbons (Fsp3) is 0. The highest BCUT2D eigenvalue weighted by atomic mass is 32.1. The van der Waals surface area contributed by atoms with E-state index in [0.29, 0.717) is 17.5 Å². The molecule has 0 spiro atoms. The van der Waals surface area contributed by atoms with Crippen LogP contribution in [0.1, 0.15) is 0 Å². The third-order valence-electron chi connectivity index (χ3n) is 11.1. The molecule has 12 rings (SSSR count). The first kappa shape index (κ1) is 31.9. The van der Waals surface area contributed by atoms with Crippen LogP contribution in [0.25, 0.3) is 115 Å². The number of rotatable bonds is 5. The smallest absolute Gasteiger partial charge is 0.164 e. The molecule has 8 aromatic carbocycles. The van der Waals surface area contributed by atoms with Gasteiger partial charge in [-0.1, -0.05) is 121 Å². The molecule has 0 radical (unpaired) electrons. The number of para-hydroxylation sites is 1. The van der Waals surface area contributed by atoms with Gasteiger partial charge in [0.15, 0.2) is 17.5 Å². The summed E-state index contributed by atoms with van der Waals surface area (Å²) in [6.07, 6.45) is 0. The van der Waals surface area contributed by atoms with Crippen LogP contribution >= 0.6 is 11.3 Å². The molecule has 4 heterocycles. The number of aromatic nitrogens is 4. The summed E-state index contributed by atoms with van der Waals surface area (Å²) in [6.45, 7) is 0. The summed E-state index contributed by atoms with van der Waals surface area (Å²) in [5.41, 5.74) is 10.2. The number of nitrogens with zero attached hydrogens (tertiary/aromatic N) is 4. The van der Waals surface area contributed by atoms with E-state index in [2.05, 4.69) is 150 Å². The minimum atomic E-state index is 0.614. The minimum Gasteiger partial charge on any atom is -0.456 e. The zero-order valence-corrected chi connectivity index (χ0v) is 31.2. The monoisotopic (exact) mass is 746 g/mol. The molecule has 6 heteroatoms. The minimum absolute atomic E-state index is 0.614. The van der Waals surface area contributed by atoms with Crippen molar-refractivity contribution in [3.8, 4) is 51.0 Å². The van der Waals surface area contributed by atoms with E-state index in [0.717, 1.165) is 55.3 Å². The summed E-state index contributed by atoms with van der Waals surface area (Å²) in [7, 11) is 0. The average Bonchev–Trinajstić information content (AvgIpc) is 3.94. The van der Waals surface area contributed by atoms with E-state index in [1.165, 1.54) is 42.1 Å². The Hall–Kier alpha value is -7.41. The van der Waals surface area contributed by atoms with E-state index in [9.17, 15) is 0 Å². The molecule has 5 nitrogen and oxygen atoms in total. The Morgan fingerprint density at radius 3 is 1.72 bits per heavy atom. The molecule has 0 fully saturated rings. The standard InChI is InChI=1S/C51H30N4OS/c1-3-11-31(12-4-1)32-19-23-36(24-20-32)55-43-17-9-7-15-37(43)40-29-42-41-27-34(22-26-45(41)56-46(42)30-44(40)55)50-52-49(33-13-5-2-6-14-33)53-51(54-50)35-21-25-39-38-16-8-10-18-47(38)57-48(39)28-35/h1-30H. The van der Waals surface area contributed by atoms with Crippen molar-refractivity contribution in [3.63, 3.8) is 0 Å². The van der Waals surface area contributed by atoms with Gasteiger partial charge in [-0.2, -0.15) is 0 Å². The van der Waals surface area contributed by atoms with Gasteiger partial charge in [-0.25, -0.2) is 15.0 Å². The van der Waals surface area contributed by atoms with E-state index in [-0.39, 0.29) is 0 Å². The fourth-order valence-electron chi connectivity index (χ4n) is 8.31. The lowest BCUT2D eigenvalue weighted by molar-refractivity contribution is 0.669. The third-order valence-corrected chi connectivity index (χ3v) is 12.2. The average molecular weight is 747 g/mol. The van der Waals surface area contributed by atoms with Gasteiger partial charge in [0.2, 0.25) is 0 Å². The summed E-state index contributed by atoms with van der Waals surface area (Å²) in [5, 5.41) is 6.94. The molecule has 4 aromatic heterocycles. The van der Waals surface area contributed by atoms with Crippen LogP contribution in [0, 0.1) is 0 Å². The Morgan fingerprint density at radius 2 is 0.930 bits per heavy atom. The SMILES string of the molecule is c1ccc(-c2ccc(-n3c4ccccc4c4cc5c(cc43)oc3ccc(-c4nc(-c6ccccc6)nc(-c6ccc7c(c6)sc6ccccc67)n4)cc35)cc2)cc1. The van der Waals surface area contributed by atoms with Crippen LogP contribution in [0.2, 0.25) is 0 Å². The molecule has 0 bridgehead atoms. The molecular formula is C51H30N4OS. The normalized spacial score (nSPS) is 11.9. The summed E-state index contributed by atoms with van der Waals surface area (Å²) in [6, 6.07) is 63.9. The quantitative estimate of drug-likeness (QED) is 0.176. The van der Waals surface area contributed by atoms with Crippen LogP contribution in [0.3, 0.4) is 0 Å². The highest BCUT2D eigenvalue weighted by Gasteiger charge is 2.19. The first-order chi connectivity index (χ1) is 28.2. The van der Waals surface area contributed by atoms with E-state index < -0.39 is 0 Å². The highest BCUT2D eigenvalue weighted by Crippen LogP contribution is 2.40. The molecule has 0 N–H and O–H groups in total. The lowest BCUT2D eigenvalue weighted by Crippen LogP contribution is -2.00. The van der Waals surface area contributed by atoms with Crippen molar-refractivity contribution in [2.24, 2.45) is 0 Å². The molecule has 266 valence electrons. The van der Waals surface area contributed by atoms with Crippen LogP contribution in [-0.2, 0) is 0 Å². The van der Waals surface area contributed by atoms with Crippen molar-refractivity contribution in [2.45, 2.75) is 0 Å². The zero-order valence-electron chi connectivity index (χ0n) is 30.4. The summed E-state index contributed by atoms with van der Waals surface area (Å²) >= 11 is 1.79. The van der Waals surface area contributed by atoms with E-state index in [4.69, 9.17) is 19.4 Å². The Bertz CT molecular complexity index is 3510. The molecule has 0 amide bonds. The Labute approximate surface area is 330 Å². The molecule has 0 aliphatic heterocycles. The summed E-state index contributed by atoms with van der Waals surface area (Å²) in [5.74, 6) is 1.89. The van der Waals surface area contributed by atoms with Gasteiger partial charge in [-0.3, -0.25) is 0 Å². The maximum Gasteiger partial charge on any atom is 0.164 e. The van der Waals surface area contributed by atoms with Crippen LogP contribution in [0.4, 0.5) is 0 Å². The second-order valence-corrected chi connectivity index (χ2v) is 15.5. The predicted octanol–water partition coefficient (Wildman–Crippen LogP) is 13.9. The van der Waals surface area contributed by atoms with Gasteiger partial charge >= 0.3 is 0 Å². The maximum absolute atomic E-state index is 6.60. The molecule has 0 saturated carbocycles. The Morgan fingerprint density at radius 1 is 0.351 bits per heavy atom. The molecule has 0 atom stereocenters. The fourth-order valence-corrected chi connectivity index (χ4v) is 9.45. The van der Waals surface area contributed by atoms with Crippen molar-refractivity contribution in [1.29, 1.82) is 0 Å². The number of hydrogen-bond acceptors (Lipinski definition) is 5. The predicted molar refractivity (Wildman–Crippen MR) is 236 cm³/mol. The Balaban J connectivity index is 1.01. The van der Waals surface area contributed by atoms with Gasteiger partial charge in [0, 0.05) is 70.2 Å². The van der Waals surface area contributed by atoms with Gasteiger partial charge < -0.3 is 8.98 Å². The van der Waals surface area contributed by atoms with Crippen molar-refractivity contribution in [1.82, 2.24) is 19.5 Å². The first-order valence-electron chi connectivity index (χ1n) is 19.0. The van der Waals surface area contributed by atoms with Crippen molar-refractivity contribution in [2.75, 3.05) is 0 Å². The molecule has 0 saturated heterocycles. The first-order valence-corrected chi connectivity index (χ1v) is 19.8. The van der Waals surface area contributed by atoms with Crippen LogP contribution < -0.4 is 0 Å². The van der Waals surface area contributed by atoms with E-state index >= 15 is 0 Å². The largest absolute Gasteiger partial charge is 0.456 e. The number of hydrogen-bond donors (Lipinski definition) is 0. The topological polar surface area (TPSA) is 56.7 Å². The Kier molecular flexibility index (Phi) is 7.03. The molecule has 0 aliphatic rings. The lowest BCUT2D eigenvalue weighted by Gasteiger charge is -2.09. The lowest BCUT2D eigenvalue weighted by atomic mass is 10.1. The number of benzene rings is 8. The zero-order chi connectivity index (χ0) is 37.5. The van der Waals surface area contributed by atoms with Gasteiger partial charge in [0.05, 0.1) is 11.0 Å². The van der Waals surface area contributed by atoms with E-state index in [1.54, 1.807) is 11.3 Å². The highest BCUT2D eigenvalue weighted by molar-refractivity contribution is 7.25. The van der Waals surface area contributed by atoms with Gasteiger partial charge in [0.25, 0.3) is 0 Å². The van der Waals surface area contributed by atoms with Crippen molar-refractivity contribution < 1.29 is 4.42 Å². The number of thiophene rings is 1. The molecule has 57 heavy (non-hydrogen) atoms. The van der Waals surface area contributed by atoms with Crippen LogP contribution in [0.15, 0.2) is 186 Å². The van der Waals surface area contributed by atoms with E-state index in [1.807, 2.05) is 36.4 Å². The molecule has 0 aliphatic carbocycles. The third kappa shape index (κ3) is 5.19. The van der Waals surface area contributed by atoms with Crippen LogP contribution in [-0.4, -0.2) is 19.5 Å². The summed E-state index contributed by atoms with van der Waals surface area (Å²) in [4.78, 5) is 15.2. The molecule has 0 unspecified atom stereocenters. The number of fused-ring (bicyclic) bond motifs is 9. The van der Waals surface area contributed by atoms with Crippen molar-refractivity contribution >= 4 is 75.3 Å². The second kappa shape index (κ2) is 12.6. The summed E-state index contributed by atoms with van der Waals surface area (Å²) < 4.78 is 11.4. The second-order valence-electron chi connectivity index (χ2n) is 14.4. The van der Waals surface area contributed by atoms with Gasteiger partial charge in [-0.15, -0.1) is 11.3 Å². The number of furan rings is 1.